The van der Waals surface area contributed by atoms with Crippen molar-refractivity contribution in [3.8, 4) is 0 Å². The first-order valence-corrected chi connectivity index (χ1v) is 4.01. The second kappa shape index (κ2) is 3.16. The van der Waals surface area contributed by atoms with Crippen LogP contribution in [0, 0.1) is 0 Å². The predicted octanol–water partition coefficient (Wildman–Crippen LogP) is -5.36. The van der Waals surface area contributed by atoms with Crippen LogP contribution in [-0.2, 0) is 7.86 Å². The van der Waals surface area contributed by atoms with Crippen LogP contribution in [0.5, 0.6) is 0 Å². The van der Waals surface area contributed by atoms with Gasteiger partial charge in [-0.3, -0.25) is 0 Å². The molecular weight excluding hydrogens is 215 g/mol. The van der Waals surface area contributed by atoms with Gasteiger partial charge in [0.2, 0.25) is 0 Å². The number of carbonyl (C=O) groups is 1. The summed E-state index contributed by atoms with van der Waals surface area (Å²) in [6.07, 6.45) is 0. The summed E-state index contributed by atoms with van der Waals surface area (Å²) < 4.78 is 22.6. The zero-order valence-corrected chi connectivity index (χ0v) is 5.67. The molecule has 0 heterocycles. The van der Waals surface area contributed by atoms with E-state index in [0.717, 1.165) is 6.92 Å². The molecule has 0 amide bonds. The molecule has 0 aliphatic rings. The molecule has 5 heteroatoms. The maximum Gasteiger partial charge on any atom is 0.574 e. The fourth-order valence-electron chi connectivity index (χ4n) is 0.0887. The normalized spacial score (nSPS) is 9.14. The summed E-state index contributed by atoms with van der Waals surface area (Å²) in [5.74, 6) is -0.768. The van der Waals surface area contributed by atoms with Crippen LogP contribution in [0.15, 0.2) is 0 Å². The highest BCUT2D eigenvalue weighted by Crippen LogP contribution is 1.51. The third kappa shape index (κ3) is 6.12. The van der Waals surface area contributed by atoms with E-state index in [1.807, 2.05) is 0 Å². The van der Waals surface area contributed by atoms with Gasteiger partial charge in [0.05, 0.1) is 0 Å². The average molecular weight is 218 g/mol. The van der Waals surface area contributed by atoms with E-state index in [9.17, 15) is 11.7 Å². The Labute approximate surface area is 49.1 Å². The highest BCUT2D eigenvalue weighted by atomic mass is 127. The van der Waals surface area contributed by atoms with Gasteiger partial charge in [-0.25, -0.2) is 4.79 Å². The van der Waals surface area contributed by atoms with Crippen LogP contribution in [0.25, 0.3) is 0 Å². The van der Waals surface area contributed by atoms with E-state index < -0.39 is 27.0 Å². The minimum atomic E-state index is -3.72. The Morgan fingerprint density at radius 2 is 2.14 bits per heavy atom. The Bertz CT molecular complexity index is 70.1. The van der Waals surface area contributed by atoms with Gasteiger partial charge in [-0.15, -0.1) is 3.07 Å². The molecular formula is C2H3IO4. The molecule has 0 bridgehead atoms. The molecule has 0 saturated carbocycles. The molecule has 0 unspecified atom stereocenters. The van der Waals surface area contributed by atoms with Crippen molar-refractivity contribution in [3.63, 3.8) is 0 Å². The quantitative estimate of drug-likeness (QED) is 0.412. The van der Waals surface area contributed by atoms with Crippen molar-refractivity contribution in [2.75, 3.05) is 0 Å². The van der Waals surface area contributed by atoms with Crippen molar-refractivity contribution in [3.05, 3.63) is 0 Å². The van der Waals surface area contributed by atoms with Gasteiger partial charge in [0.1, 0.15) is 0 Å². The molecule has 4 nitrogen and oxygen atoms in total. The van der Waals surface area contributed by atoms with Gasteiger partial charge < -0.3 is 6.87 Å². The molecule has 0 N–H and O–H groups in total. The van der Waals surface area contributed by atoms with Crippen LogP contribution < -0.4 is 27.9 Å². The monoisotopic (exact) mass is 218 g/mol. The van der Waals surface area contributed by atoms with E-state index in [-0.39, 0.29) is 0 Å². The molecule has 0 saturated heterocycles. The number of rotatable bonds is 1. The number of hydrogen-bond donors (Lipinski definition) is 0. The van der Waals surface area contributed by atoms with Gasteiger partial charge in [-0.1, -0.05) is 0 Å². The summed E-state index contributed by atoms with van der Waals surface area (Å²) >= 11 is -3.72. The smallest absolute Gasteiger partial charge is 0.385 e. The van der Waals surface area contributed by atoms with E-state index in [2.05, 4.69) is 3.07 Å². The van der Waals surface area contributed by atoms with Crippen molar-refractivity contribution in [1.82, 2.24) is 0 Å². The molecule has 0 aromatic rings. The van der Waals surface area contributed by atoms with E-state index in [1.54, 1.807) is 0 Å². The summed E-state index contributed by atoms with van der Waals surface area (Å²) in [5, 5.41) is 0. The molecule has 0 radical (unpaired) electrons. The highest BCUT2D eigenvalue weighted by Gasteiger charge is 2.14. The minimum Gasteiger partial charge on any atom is -0.385 e. The lowest BCUT2D eigenvalue weighted by atomic mass is 10.9. The van der Waals surface area contributed by atoms with Crippen LogP contribution in [0.1, 0.15) is 6.92 Å². The second-order valence-corrected chi connectivity index (χ2v) is 2.28. The van der Waals surface area contributed by atoms with Crippen LogP contribution in [0.2, 0.25) is 0 Å². The summed E-state index contributed by atoms with van der Waals surface area (Å²) in [5.41, 5.74) is 0. The molecule has 0 rings (SSSR count). The van der Waals surface area contributed by atoms with E-state index in [1.165, 1.54) is 0 Å². The Hall–Kier alpha value is 0.120. The van der Waals surface area contributed by atoms with Crippen molar-refractivity contribution in [2.24, 2.45) is 0 Å². The third-order valence-corrected chi connectivity index (χ3v) is 1.15. The molecule has 0 spiro atoms. The molecule has 0 aliphatic carbocycles. The Morgan fingerprint density at radius 3 is 2.14 bits per heavy atom. The molecule has 0 atom stereocenters. The van der Waals surface area contributed by atoms with Gasteiger partial charge in [0.25, 0.3) is 0 Å². The molecule has 0 fully saturated rings. The van der Waals surface area contributed by atoms with Crippen LogP contribution in [0.3, 0.4) is 0 Å². The van der Waals surface area contributed by atoms with E-state index >= 15 is 0 Å². The van der Waals surface area contributed by atoms with Crippen LogP contribution in [-0.4, -0.2) is 5.97 Å². The Balaban J connectivity index is 3.13. The first kappa shape index (κ1) is 7.12. The summed E-state index contributed by atoms with van der Waals surface area (Å²) in [4.78, 5) is 9.67. The lowest BCUT2D eigenvalue weighted by Crippen LogP contribution is -3.99. The molecule has 0 aromatic carbocycles. The topological polar surface area (TPSA) is 72.4 Å². The maximum absolute atomic E-state index is 9.67. The summed E-state index contributed by atoms with van der Waals surface area (Å²) in [7, 11) is 0. The number of carbonyl (C=O) groups excluding carboxylic acids is 1. The van der Waals surface area contributed by atoms with Gasteiger partial charge in [0, 0.05) is 6.92 Å². The third-order valence-electron chi connectivity index (χ3n) is 0.172. The van der Waals surface area contributed by atoms with Gasteiger partial charge in [0.15, 0.2) is 0 Å². The SMILES string of the molecule is CC(=O)O[I+2]([O-])[O-]. The lowest BCUT2D eigenvalue weighted by Gasteiger charge is -1.82. The maximum atomic E-state index is 9.67. The van der Waals surface area contributed by atoms with E-state index in [4.69, 9.17) is 0 Å². The predicted molar refractivity (Wildman–Crippen MR) is 11.8 cm³/mol. The molecule has 42 valence electrons. The zero-order valence-electron chi connectivity index (χ0n) is 3.51. The lowest BCUT2D eigenvalue weighted by molar-refractivity contribution is -1.62. The summed E-state index contributed by atoms with van der Waals surface area (Å²) in [6, 6.07) is 0. The van der Waals surface area contributed by atoms with Crippen molar-refractivity contribution < 1.29 is 35.8 Å². The average Bonchev–Trinajstić information content (AvgIpc) is 1.27. The second-order valence-electron chi connectivity index (χ2n) is 0.758. The van der Waals surface area contributed by atoms with Gasteiger partial charge in [-0.2, -0.15) is 0 Å². The van der Waals surface area contributed by atoms with Gasteiger partial charge >= 0.3 is 27.0 Å². The van der Waals surface area contributed by atoms with Crippen LogP contribution in [0.4, 0.5) is 0 Å². The highest BCUT2D eigenvalue weighted by molar-refractivity contribution is 5.64. The van der Waals surface area contributed by atoms with Crippen molar-refractivity contribution >= 4 is 5.97 Å². The first-order valence-electron chi connectivity index (χ1n) is 1.37. The number of hydrogen-bond acceptors (Lipinski definition) is 4. The largest absolute Gasteiger partial charge is 0.574 e. The van der Waals surface area contributed by atoms with Crippen LogP contribution >= 0.6 is 0 Å². The Morgan fingerprint density at radius 1 is 1.71 bits per heavy atom. The first-order chi connectivity index (χ1) is 3.13. The number of halogens is 1. The molecule has 7 heavy (non-hydrogen) atoms. The fraction of sp³-hybridized carbons (Fsp3) is 0.500. The zero-order chi connectivity index (χ0) is 5.86. The molecule has 0 aliphatic heterocycles. The van der Waals surface area contributed by atoms with Crippen molar-refractivity contribution in [2.45, 2.75) is 6.92 Å². The Kier molecular flexibility index (Phi) is 3.22. The van der Waals surface area contributed by atoms with E-state index in [0.29, 0.717) is 0 Å². The van der Waals surface area contributed by atoms with Crippen molar-refractivity contribution in [1.29, 1.82) is 0 Å². The fourth-order valence-corrected chi connectivity index (χ4v) is 0.595. The van der Waals surface area contributed by atoms with Gasteiger partial charge in [-0.05, 0) is 0 Å². The standard InChI is InChI=1S/C2H3IO4/c1-2(4)7-3(5)6/h1H3. The summed E-state index contributed by atoms with van der Waals surface area (Å²) in [6.45, 7) is 1.04. The molecule has 0 aromatic heterocycles. The minimum absolute atomic E-state index is 0.768.